The molecule has 0 aromatic carbocycles. The maximum atomic E-state index is 11.9. The van der Waals surface area contributed by atoms with E-state index in [9.17, 15) is 18.0 Å². The Labute approximate surface area is 81.1 Å². The van der Waals surface area contributed by atoms with Crippen molar-refractivity contribution < 1.29 is 18.0 Å². The third-order valence-corrected chi connectivity index (χ3v) is 1.45. The van der Waals surface area contributed by atoms with Crippen molar-refractivity contribution in [2.45, 2.75) is 32.0 Å². The van der Waals surface area contributed by atoms with Gasteiger partial charge in [0.2, 0.25) is 5.91 Å². The zero-order chi connectivity index (χ0) is 11.6. The molecule has 84 valence electrons. The molecule has 0 heterocycles. The Balaban J connectivity index is 4.15. The Kier molecular flexibility index (Phi) is 3.93. The summed E-state index contributed by atoms with van der Waals surface area (Å²) in [6, 6.07) is 0. The van der Waals surface area contributed by atoms with E-state index in [0.717, 1.165) is 7.05 Å². The van der Waals surface area contributed by atoms with Crippen LogP contribution in [0.4, 0.5) is 13.2 Å². The standard InChI is InChI=1S/C8H15F3N2O/c1-7(2,12)4-6(14)13(3)5-8(9,10)11/h4-5,12H2,1-3H3. The van der Waals surface area contributed by atoms with E-state index < -0.39 is 24.2 Å². The van der Waals surface area contributed by atoms with Crippen molar-refractivity contribution in [2.75, 3.05) is 13.6 Å². The van der Waals surface area contributed by atoms with Crippen LogP contribution in [-0.2, 0) is 4.79 Å². The number of halogens is 3. The molecule has 6 heteroatoms. The van der Waals surface area contributed by atoms with E-state index in [2.05, 4.69) is 0 Å². The Morgan fingerprint density at radius 2 is 1.79 bits per heavy atom. The predicted octanol–water partition coefficient (Wildman–Crippen LogP) is 1.13. The quantitative estimate of drug-likeness (QED) is 0.762. The molecule has 0 aromatic heterocycles. The molecule has 0 aliphatic carbocycles. The van der Waals surface area contributed by atoms with Gasteiger partial charge in [-0.25, -0.2) is 0 Å². The Morgan fingerprint density at radius 1 is 1.36 bits per heavy atom. The first kappa shape index (κ1) is 13.2. The first-order valence-corrected chi connectivity index (χ1v) is 4.11. The molecule has 0 unspecified atom stereocenters. The third kappa shape index (κ3) is 6.71. The number of hydrogen-bond donors (Lipinski definition) is 1. The van der Waals surface area contributed by atoms with Crippen LogP contribution in [0.1, 0.15) is 20.3 Å². The molecule has 2 N–H and O–H groups in total. The number of nitrogens with zero attached hydrogens (tertiary/aromatic N) is 1. The topological polar surface area (TPSA) is 46.3 Å². The summed E-state index contributed by atoms with van der Waals surface area (Å²) in [7, 11) is 1.11. The summed E-state index contributed by atoms with van der Waals surface area (Å²) in [6.45, 7) is 1.95. The SMILES string of the molecule is CN(CC(F)(F)F)C(=O)CC(C)(C)N. The molecule has 0 aromatic rings. The number of alkyl halides is 3. The molecular formula is C8H15F3N2O. The lowest BCUT2D eigenvalue weighted by atomic mass is 10.0. The molecular weight excluding hydrogens is 197 g/mol. The summed E-state index contributed by atoms with van der Waals surface area (Å²) in [5, 5.41) is 0. The maximum absolute atomic E-state index is 11.9. The lowest BCUT2D eigenvalue weighted by molar-refractivity contribution is -0.159. The Bertz CT molecular complexity index is 208. The first-order chi connectivity index (χ1) is 6.01. The van der Waals surface area contributed by atoms with Crippen LogP contribution in [0, 0.1) is 0 Å². The van der Waals surface area contributed by atoms with Crippen molar-refractivity contribution in [2.24, 2.45) is 5.73 Å². The fourth-order valence-electron chi connectivity index (χ4n) is 0.882. The van der Waals surface area contributed by atoms with Crippen molar-refractivity contribution in [3.05, 3.63) is 0 Å². The van der Waals surface area contributed by atoms with Gasteiger partial charge in [-0.05, 0) is 13.8 Å². The van der Waals surface area contributed by atoms with Crippen molar-refractivity contribution >= 4 is 5.91 Å². The number of rotatable bonds is 3. The predicted molar refractivity (Wildman–Crippen MR) is 46.6 cm³/mol. The highest BCUT2D eigenvalue weighted by molar-refractivity contribution is 5.77. The largest absolute Gasteiger partial charge is 0.406 e. The lowest BCUT2D eigenvalue weighted by Crippen LogP contribution is -2.42. The fourth-order valence-corrected chi connectivity index (χ4v) is 0.882. The lowest BCUT2D eigenvalue weighted by Gasteiger charge is -2.24. The average molecular weight is 212 g/mol. The van der Waals surface area contributed by atoms with E-state index in [1.807, 2.05) is 0 Å². The molecule has 0 aliphatic heterocycles. The number of carbonyl (C=O) groups is 1. The molecule has 0 fully saturated rings. The summed E-state index contributed by atoms with van der Waals surface area (Å²) in [5.74, 6) is -0.602. The van der Waals surface area contributed by atoms with Gasteiger partial charge in [-0.2, -0.15) is 13.2 Å². The van der Waals surface area contributed by atoms with Crippen molar-refractivity contribution in [1.82, 2.24) is 4.90 Å². The highest BCUT2D eigenvalue weighted by Crippen LogP contribution is 2.16. The van der Waals surface area contributed by atoms with Gasteiger partial charge in [-0.1, -0.05) is 0 Å². The van der Waals surface area contributed by atoms with Crippen LogP contribution in [0.25, 0.3) is 0 Å². The van der Waals surface area contributed by atoms with E-state index in [4.69, 9.17) is 5.73 Å². The van der Waals surface area contributed by atoms with E-state index >= 15 is 0 Å². The van der Waals surface area contributed by atoms with Crippen LogP contribution in [0.15, 0.2) is 0 Å². The summed E-state index contributed by atoms with van der Waals surface area (Å²) < 4.78 is 35.6. The van der Waals surface area contributed by atoms with Crippen LogP contribution in [0.5, 0.6) is 0 Å². The van der Waals surface area contributed by atoms with E-state index in [0.29, 0.717) is 4.90 Å². The summed E-state index contributed by atoms with van der Waals surface area (Å²) >= 11 is 0. The number of carbonyl (C=O) groups excluding carboxylic acids is 1. The molecule has 1 amide bonds. The minimum Gasteiger partial charge on any atom is -0.337 e. The fraction of sp³-hybridized carbons (Fsp3) is 0.875. The number of hydrogen-bond acceptors (Lipinski definition) is 2. The first-order valence-electron chi connectivity index (χ1n) is 4.11. The van der Waals surface area contributed by atoms with Crippen LogP contribution >= 0.6 is 0 Å². The average Bonchev–Trinajstić information content (AvgIpc) is 1.78. The highest BCUT2D eigenvalue weighted by Gasteiger charge is 2.32. The minimum absolute atomic E-state index is 0.0976. The van der Waals surface area contributed by atoms with Gasteiger partial charge in [0.1, 0.15) is 6.54 Å². The highest BCUT2D eigenvalue weighted by atomic mass is 19.4. The van der Waals surface area contributed by atoms with E-state index in [1.54, 1.807) is 13.8 Å². The normalized spacial score (nSPS) is 12.8. The molecule has 0 saturated carbocycles. The second kappa shape index (κ2) is 4.16. The van der Waals surface area contributed by atoms with Gasteiger partial charge in [0, 0.05) is 19.0 Å². The molecule has 0 radical (unpaired) electrons. The molecule has 0 aliphatic rings. The van der Waals surface area contributed by atoms with Gasteiger partial charge in [-0.3, -0.25) is 4.79 Å². The van der Waals surface area contributed by atoms with Crippen LogP contribution < -0.4 is 5.73 Å². The van der Waals surface area contributed by atoms with Crippen LogP contribution in [-0.4, -0.2) is 36.1 Å². The van der Waals surface area contributed by atoms with Crippen LogP contribution in [0.2, 0.25) is 0 Å². The molecule has 14 heavy (non-hydrogen) atoms. The summed E-state index contributed by atoms with van der Waals surface area (Å²) in [6.07, 6.45) is -4.46. The monoisotopic (exact) mass is 212 g/mol. The molecule has 0 rings (SSSR count). The smallest absolute Gasteiger partial charge is 0.337 e. The number of nitrogens with two attached hydrogens (primary N) is 1. The van der Waals surface area contributed by atoms with Gasteiger partial charge in [-0.15, -0.1) is 0 Å². The molecule has 3 nitrogen and oxygen atoms in total. The van der Waals surface area contributed by atoms with Gasteiger partial charge < -0.3 is 10.6 Å². The molecule has 0 saturated heterocycles. The second-order valence-electron chi connectivity index (χ2n) is 4.03. The minimum atomic E-state index is -4.36. The van der Waals surface area contributed by atoms with Gasteiger partial charge in [0.25, 0.3) is 0 Å². The Morgan fingerprint density at radius 3 is 2.07 bits per heavy atom. The van der Waals surface area contributed by atoms with Crippen molar-refractivity contribution in [1.29, 1.82) is 0 Å². The summed E-state index contributed by atoms with van der Waals surface area (Å²) in [5.41, 5.74) is 4.73. The van der Waals surface area contributed by atoms with Gasteiger partial charge >= 0.3 is 6.18 Å². The third-order valence-electron chi connectivity index (χ3n) is 1.45. The second-order valence-corrected chi connectivity index (χ2v) is 4.03. The van der Waals surface area contributed by atoms with Gasteiger partial charge in [0.15, 0.2) is 0 Å². The maximum Gasteiger partial charge on any atom is 0.406 e. The summed E-state index contributed by atoms with van der Waals surface area (Å²) in [4.78, 5) is 11.8. The van der Waals surface area contributed by atoms with Gasteiger partial charge in [0.05, 0.1) is 0 Å². The van der Waals surface area contributed by atoms with Crippen molar-refractivity contribution in [3.8, 4) is 0 Å². The molecule has 0 spiro atoms. The molecule has 0 atom stereocenters. The molecule has 0 bridgehead atoms. The van der Waals surface area contributed by atoms with Crippen LogP contribution in [0.3, 0.4) is 0 Å². The zero-order valence-electron chi connectivity index (χ0n) is 8.48. The van der Waals surface area contributed by atoms with E-state index in [-0.39, 0.29) is 6.42 Å². The van der Waals surface area contributed by atoms with Crippen molar-refractivity contribution in [3.63, 3.8) is 0 Å². The number of amides is 1. The Hall–Kier alpha value is -0.780. The van der Waals surface area contributed by atoms with E-state index in [1.165, 1.54) is 0 Å². The zero-order valence-corrected chi connectivity index (χ0v) is 8.48.